The number of rotatable bonds is 2. The second-order valence-corrected chi connectivity index (χ2v) is 5.21. The molecule has 0 atom stereocenters. The summed E-state index contributed by atoms with van der Waals surface area (Å²) in [6, 6.07) is 12.7. The molecular weight excluding hydrogens is 319 g/mol. The summed E-state index contributed by atoms with van der Waals surface area (Å²) in [5, 5.41) is 2.57. The third-order valence-electron chi connectivity index (χ3n) is 2.73. The van der Waals surface area contributed by atoms with Gasteiger partial charge in [0, 0.05) is 20.9 Å². The van der Waals surface area contributed by atoms with E-state index in [2.05, 4.69) is 77.8 Å². The number of unbranched alkanes of at least 4 members (excludes halogenated alkanes) is 2. The Hall–Kier alpha value is -1.01. The van der Waals surface area contributed by atoms with Gasteiger partial charge in [-0.1, -0.05) is 49.5 Å². The van der Waals surface area contributed by atoms with Gasteiger partial charge in [-0.25, -0.2) is 0 Å². The first-order chi connectivity index (χ1) is 8.33. The van der Waals surface area contributed by atoms with Crippen molar-refractivity contribution in [1.82, 2.24) is 0 Å². The van der Waals surface area contributed by atoms with E-state index in [1.807, 2.05) is 0 Å². The van der Waals surface area contributed by atoms with Gasteiger partial charge in [-0.05, 0) is 46.5 Å². The molecule has 0 amide bonds. The molecule has 0 radical (unpaired) electrons. The molecule has 86 valence electrons. The van der Waals surface area contributed by atoms with E-state index in [0.717, 1.165) is 12.0 Å². The van der Waals surface area contributed by atoms with Crippen molar-refractivity contribution in [2.75, 3.05) is 0 Å². The van der Waals surface area contributed by atoms with Crippen LogP contribution in [0.15, 0.2) is 36.4 Å². The van der Waals surface area contributed by atoms with E-state index in [-0.39, 0.29) is 0 Å². The van der Waals surface area contributed by atoms with Crippen LogP contribution in [0, 0.1) is 15.4 Å². The lowest BCUT2D eigenvalue weighted by Gasteiger charge is -2.02. The van der Waals surface area contributed by atoms with Crippen LogP contribution in [-0.2, 0) is 0 Å². The van der Waals surface area contributed by atoms with Crippen LogP contribution in [0.1, 0.15) is 31.7 Å². The van der Waals surface area contributed by atoms with E-state index < -0.39 is 0 Å². The van der Waals surface area contributed by atoms with Gasteiger partial charge in [0.15, 0.2) is 0 Å². The quantitative estimate of drug-likeness (QED) is 0.412. The van der Waals surface area contributed by atoms with Crippen LogP contribution in [0.4, 0.5) is 0 Å². The van der Waals surface area contributed by atoms with Gasteiger partial charge in [-0.3, -0.25) is 0 Å². The summed E-state index contributed by atoms with van der Waals surface area (Å²) in [5.41, 5.74) is 1.16. The van der Waals surface area contributed by atoms with Crippen LogP contribution >= 0.6 is 22.6 Å². The molecule has 0 unspecified atom stereocenters. The maximum absolute atomic E-state index is 3.31. The van der Waals surface area contributed by atoms with Crippen molar-refractivity contribution in [1.29, 1.82) is 0 Å². The van der Waals surface area contributed by atoms with E-state index in [1.54, 1.807) is 0 Å². The molecule has 2 aromatic rings. The lowest BCUT2D eigenvalue weighted by atomic mass is 10.0. The average molecular weight is 334 g/mol. The Bertz CT molecular complexity index is 568. The first-order valence-electron chi connectivity index (χ1n) is 5.99. The minimum absolute atomic E-state index is 0.996. The van der Waals surface area contributed by atoms with Crippen molar-refractivity contribution in [3.63, 3.8) is 0 Å². The van der Waals surface area contributed by atoms with Gasteiger partial charge in [-0.2, -0.15) is 0 Å². The highest BCUT2D eigenvalue weighted by Gasteiger charge is 2.01. The van der Waals surface area contributed by atoms with Crippen molar-refractivity contribution in [3.8, 4) is 11.8 Å². The predicted octanol–water partition coefficient (Wildman–Crippen LogP) is 4.99. The molecule has 17 heavy (non-hydrogen) atoms. The zero-order valence-corrected chi connectivity index (χ0v) is 12.1. The Morgan fingerprint density at radius 1 is 1.12 bits per heavy atom. The summed E-state index contributed by atoms with van der Waals surface area (Å²) < 4.78 is 1.28. The molecule has 2 aromatic carbocycles. The van der Waals surface area contributed by atoms with E-state index in [0.29, 0.717) is 0 Å². The number of benzene rings is 2. The normalized spacial score (nSPS) is 10.0. The highest BCUT2D eigenvalue weighted by molar-refractivity contribution is 14.1. The summed E-state index contributed by atoms with van der Waals surface area (Å²) in [7, 11) is 0. The molecule has 0 saturated heterocycles. The average Bonchev–Trinajstić information content (AvgIpc) is 2.35. The van der Waals surface area contributed by atoms with Crippen LogP contribution in [0.3, 0.4) is 0 Å². The highest BCUT2D eigenvalue weighted by atomic mass is 127. The number of halogens is 1. The molecule has 0 fully saturated rings. The molecule has 0 nitrogen and oxygen atoms in total. The van der Waals surface area contributed by atoms with Crippen molar-refractivity contribution in [3.05, 3.63) is 45.5 Å². The van der Waals surface area contributed by atoms with Crippen LogP contribution in [0.2, 0.25) is 0 Å². The Morgan fingerprint density at radius 3 is 2.65 bits per heavy atom. The van der Waals surface area contributed by atoms with E-state index in [4.69, 9.17) is 0 Å². The van der Waals surface area contributed by atoms with Crippen molar-refractivity contribution in [2.45, 2.75) is 26.2 Å². The summed E-state index contributed by atoms with van der Waals surface area (Å²) in [4.78, 5) is 0. The Morgan fingerprint density at radius 2 is 1.88 bits per heavy atom. The molecule has 0 N–H and O–H groups in total. The fraction of sp³-hybridized carbons (Fsp3) is 0.250. The molecular formula is C16H15I. The maximum Gasteiger partial charge on any atom is 0.0334 e. The van der Waals surface area contributed by atoms with Crippen LogP contribution in [-0.4, -0.2) is 0 Å². The monoisotopic (exact) mass is 334 g/mol. The fourth-order valence-corrected chi connectivity index (χ4v) is 2.63. The molecule has 0 bridgehead atoms. The summed E-state index contributed by atoms with van der Waals surface area (Å²) in [6.07, 6.45) is 3.40. The first kappa shape index (κ1) is 12.4. The van der Waals surface area contributed by atoms with Crippen molar-refractivity contribution < 1.29 is 0 Å². The molecule has 1 heteroatoms. The minimum atomic E-state index is 0.996. The molecule has 0 saturated carbocycles. The molecule has 2 rings (SSSR count). The topological polar surface area (TPSA) is 0 Å². The van der Waals surface area contributed by atoms with Gasteiger partial charge in [0.2, 0.25) is 0 Å². The highest BCUT2D eigenvalue weighted by Crippen LogP contribution is 2.23. The smallest absolute Gasteiger partial charge is 0.0334 e. The second kappa shape index (κ2) is 6.07. The first-order valence-corrected chi connectivity index (χ1v) is 7.07. The van der Waals surface area contributed by atoms with E-state index in [1.165, 1.54) is 27.2 Å². The van der Waals surface area contributed by atoms with Crippen LogP contribution < -0.4 is 0 Å². The Labute approximate surface area is 117 Å². The largest absolute Gasteiger partial charge is 0.0979 e. The van der Waals surface area contributed by atoms with Crippen molar-refractivity contribution >= 4 is 33.4 Å². The molecule has 0 heterocycles. The summed E-state index contributed by atoms with van der Waals surface area (Å²) in [5.74, 6) is 6.58. The van der Waals surface area contributed by atoms with Gasteiger partial charge in [0.05, 0.1) is 0 Å². The lowest BCUT2D eigenvalue weighted by molar-refractivity contribution is 0.828. The van der Waals surface area contributed by atoms with Gasteiger partial charge < -0.3 is 0 Å². The number of fused-ring (bicyclic) bond motifs is 1. The summed E-state index contributed by atoms with van der Waals surface area (Å²) in [6.45, 7) is 2.20. The SMILES string of the molecule is CCCCC#Cc1cccc2cccc(I)c12. The standard InChI is InChI=1S/C16H15I/c1-2-3-4-5-8-13-9-6-10-14-11-7-12-15(17)16(13)14/h6-7,9-12H,2-4H2,1H3. The zero-order chi connectivity index (χ0) is 12.1. The minimum Gasteiger partial charge on any atom is -0.0979 e. The summed E-state index contributed by atoms with van der Waals surface area (Å²) >= 11 is 2.38. The molecule has 0 aliphatic carbocycles. The predicted molar refractivity (Wildman–Crippen MR) is 83.1 cm³/mol. The fourth-order valence-electron chi connectivity index (χ4n) is 1.82. The zero-order valence-electron chi connectivity index (χ0n) is 9.96. The van der Waals surface area contributed by atoms with Gasteiger partial charge >= 0.3 is 0 Å². The Kier molecular flexibility index (Phi) is 4.44. The molecule has 0 aliphatic heterocycles. The van der Waals surface area contributed by atoms with E-state index in [9.17, 15) is 0 Å². The number of hydrogen-bond acceptors (Lipinski definition) is 0. The van der Waals surface area contributed by atoms with Gasteiger partial charge in [0.1, 0.15) is 0 Å². The second-order valence-electron chi connectivity index (χ2n) is 4.05. The van der Waals surface area contributed by atoms with Crippen LogP contribution in [0.5, 0.6) is 0 Å². The molecule has 0 spiro atoms. The van der Waals surface area contributed by atoms with Gasteiger partial charge in [-0.15, -0.1) is 0 Å². The number of hydrogen-bond donors (Lipinski definition) is 0. The molecule has 0 aromatic heterocycles. The third-order valence-corrected chi connectivity index (χ3v) is 3.63. The van der Waals surface area contributed by atoms with Crippen LogP contribution in [0.25, 0.3) is 10.8 Å². The molecule has 0 aliphatic rings. The Balaban J connectivity index is 2.42. The van der Waals surface area contributed by atoms with Gasteiger partial charge in [0.25, 0.3) is 0 Å². The third kappa shape index (κ3) is 3.01. The van der Waals surface area contributed by atoms with E-state index >= 15 is 0 Å². The van der Waals surface area contributed by atoms with Crippen molar-refractivity contribution in [2.24, 2.45) is 0 Å². The maximum atomic E-state index is 3.31. The lowest BCUT2D eigenvalue weighted by Crippen LogP contribution is -1.83.